The molecule has 116 valence electrons. The predicted octanol–water partition coefficient (Wildman–Crippen LogP) is 3.26. The summed E-state index contributed by atoms with van der Waals surface area (Å²) in [6, 6.07) is 8.43. The van der Waals surface area contributed by atoms with Crippen molar-refractivity contribution in [2.75, 3.05) is 13.2 Å². The molecule has 2 amide bonds. The van der Waals surface area contributed by atoms with Gasteiger partial charge in [-0.25, -0.2) is 4.79 Å². The van der Waals surface area contributed by atoms with E-state index in [1.165, 1.54) is 18.4 Å². The number of carbonyl (C=O) groups excluding carboxylic acids is 1. The van der Waals surface area contributed by atoms with Crippen molar-refractivity contribution >= 4 is 6.03 Å². The van der Waals surface area contributed by atoms with Gasteiger partial charge in [0, 0.05) is 12.6 Å². The maximum Gasteiger partial charge on any atom is 0.315 e. The van der Waals surface area contributed by atoms with Crippen LogP contribution in [0.2, 0.25) is 0 Å². The zero-order chi connectivity index (χ0) is 14.9. The Kier molecular flexibility index (Phi) is 6.38. The first kappa shape index (κ1) is 15.7. The van der Waals surface area contributed by atoms with Crippen molar-refractivity contribution < 1.29 is 9.53 Å². The van der Waals surface area contributed by atoms with E-state index in [4.69, 9.17) is 4.74 Å². The highest BCUT2D eigenvalue weighted by Gasteiger charge is 2.16. The number of nitrogens with one attached hydrogen (secondary N) is 2. The number of carbonyl (C=O) groups is 1. The van der Waals surface area contributed by atoms with Gasteiger partial charge in [0.25, 0.3) is 0 Å². The smallest absolute Gasteiger partial charge is 0.315 e. The Bertz CT molecular complexity index is 425. The summed E-state index contributed by atoms with van der Waals surface area (Å²) < 4.78 is 5.55. The molecule has 0 aromatic heterocycles. The standard InChI is InChI=1S/C17H26N2O2/c1-2-13-21-16-9-7-14(8-10-16)11-12-18-17(20)19-15-5-3-4-6-15/h7-10,15H,2-6,11-13H2,1H3,(H2,18,19,20). The number of urea groups is 1. The fourth-order valence-corrected chi connectivity index (χ4v) is 2.60. The maximum atomic E-state index is 11.7. The van der Waals surface area contributed by atoms with E-state index in [-0.39, 0.29) is 6.03 Å². The highest BCUT2D eigenvalue weighted by molar-refractivity contribution is 5.74. The van der Waals surface area contributed by atoms with Crippen LogP contribution in [0.15, 0.2) is 24.3 Å². The van der Waals surface area contributed by atoms with Crippen LogP contribution in [0.25, 0.3) is 0 Å². The molecule has 1 aliphatic carbocycles. The van der Waals surface area contributed by atoms with E-state index in [0.717, 1.165) is 38.0 Å². The van der Waals surface area contributed by atoms with E-state index >= 15 is 0 Å². The molecule has 2 N–H and O–H groups in total. The Morgan fingerprint density at radius 1 is 1.24 bits per heavy atom. The van der Waals surface area contributed by atoms with E-state index in [1.807, 2.05) is 12.1 Å². The van der Waals surface area contributed by atoms with Gasteiger partial charge in [0.15, 0.2) is 0 Å². The molecule has 1 aliphatic rings. The zero-order valence-corrected chi connectivity index (χ0v) is 12.9. The largest absolute Gasteiger partial charge is 0.494 e. The van der Waals surface area contributed by atoms with Gasteiger partial charge in [-0.05, 0) is 43.4 Å². The number of amides is 2. The molecule has 2 rings (SSSR count). The van der Waals surface area contributed by atoms with Crippen molar-refractivity contribution in [1.82, 2.24) is 10.6 Å². The molecule has 0 aliphatic heterocycles. The number of hydrogen-bond donors (Lipinski definition) is 2. The summed E-state index contributed by atoms with van der Waals surface area (Å²) in [4.78, 5) is 11.7. The molecule has 1 aromatic rings. The van der Waals surface area contributed by atoms with Gasteiger partial charge in [-0.1, -0.05) is 31.9 Å². The van der Waals surface area contributed by atoms with Gasteiger partial charge < -0.3 is 15.4 Å². The second-order valence-corrected chi connectivity index (χ2v) is 5.62. The van der Waals surface area contributed by atoms with E-state index < -0.39 is 0 Å². The number of ether oxygens (including phenoxy) is 1. The minimum atomic E-state index is -0.0372. The molecule has 21 heavy (non-hydrogen) atoms. The lowest BCUT2D eigenvalue weighted by Gasteiger charge is -2.13. The molecule has 0 heterocycles. The summed E-state index contributed by atoms with van der Waals surface area (Å²) in [5.74, 6) is 0.910. The number of rotatable bonds is 7. The summed E-state index contributed by atoms with van der Waals surface area (Å²) in [7, 11) is 0. The average Bonchev–Trinajstić information content (AvgIpc) is 2.99. The molecule has 4 heteroatoms. The van der Waals surface area contributed by atoms with E-state index in [9.17, 15) is 4.79 Å². The summed E-state index contributed by atoms with van der Waals surface area (Å²) in [6.45, 7) is 3.51. The first-order valence-corrected chi connectivity index (χ1v) is 8.04. The zero-order valence-electron chi connectivity index (χ0n) is 12.9. The van der Waals surface area contributed by atoms with Gasteiger partial charge in [0.05, 0.1) is 6.61 Å². The number of benzene rings is 1. The lowest BCUT2D eigenvalue weighted by Crippen LogP contribution is -2.41. The highest BCUT2D eigenvalue weighted by Crippen LogP contribution is 2.17. The van der Waals surface area contributed by atoms with Crippen LogP contribution in [0.1, 0.15) is 44.6 Å². The Morgan fingerprint density at radius 3 is 2.62 bits per heavy atom. The van der Waals surface area contributed by atoms with Crippen LogP contribution in [0.4, 0.5) is 4.79 Å². The van der Waals surface area contributed by atoms with Gasteiger partial charge in [0.1, 0.15) is 5.75 Å². The minimum absolute atomic E-state index is 0.0372. The van der Waals surface area contributed by atoms with Crippen LogP contribution in [-0.2, 0) is 6.42 Å². The van der Waals surface area contributed by atoms with Crippen molar-refractivity contribution in [2.24, 2.45) is 0 Å². The summed E-state index contributed by atoms with van der Waals surface area (Å²) in [6.07, 6.45) is 6.56. The van der Waals surface area contributed by atoms with Crippen LogP contribution < -0.4 is 15.4 Å². The SMILES string of the molecule is CCCOc1ccc(CCNC(=O)NC2CCCC2)cc1. The molecule has 0 unspecified atom stereocenters. The van der Waals surface area contributed by atoms with Crippen molar-refractivity contribution in [3.05, 3.63) is 29.8 Å². The Labute approximate surface area is 127 Å². The Balaban J connectivity index is 1.64. The molecular formula is C17H26N2O2. The minimum Gasteiger partial charge on any atom is -0.494 e. The molecule has 1 fully saturated rings. The van der Waals surface area contributed by atoms with Crippen LogP contribution in [0.5, 0.6) is 5.75 Å². The quantitative estimate of drug-likeness (QED) is 0.810. The Morgan fingerprint density at radius 2 is 1.95 bits per heavy atom. The van der Waals surface area contributed by atoms with Crippen molar-refractivity contribution in [3.63, 3.8) is 0 Å². The summed E-state index contributed by atoms with van der Waals surface area (Å²) in [5, 5.41) is 5.95. The van der Waals surface area contributed by atoms with Crippen molar-refractivity contribution in [2.45, 2.75) is 51.5 Å². The second kappa shape index (κ2) is 8.55. The maximum absolute atomic E-state index is 11.7. The molecule has 0 bridgehead atoms. The molecule has 0 radical (unpaired) electrons. The van der Waals surface area contributed by atoms with E-state index in [1.54, 1.807) is 0 Å². The molecule has 1 saturated carbocycles. The van der Waals surface area contributed by atoms with Crippen LogP contribution in [-0.4, -0.2) is 25.2 Å². The molecular weight excluding hydrogens is 264 g/mol. The Hall–Kier alpha value is -1.71. The molecule has 0 saturated heterocycles. The van der Waals surface area contributed by atoms with Gasteiger partial charge in [-0.3, -0.25) is 0 Å². The fourth-order valence-electron chi connectivity index (χ4n) is 2.60. The first-order chi connectivity index (χ1) is 10.3. The van der Waals surface area contributed by atoms with E-state index in [2.05, 4.69) is 29.7 Å². The lowest BCUT2D eigenvalue weighted by molar-refractivity contribution is 0.237. The summed E-state index contributed by atoms with van der Waals surface area (Å²) >= 11 is 0. The van der Waals surface area contributed by atoms with Crippen LogP contribution in [0.3, 0.4) is 0 Å². The first-order valence-electron chi connectivity index (χ1n) is 8.04. The molecule has 0 atom stereocenters. The highest BCUT2D eigenvalue weighted by atomic mass is 16.5. The third-order valence-corrected chi connectivity index (χ3v) is 3.79. The van der Waals surface area contributed by atoms with Crippen LogP contribution >= 0.6 is 0 Å². The van der Waals surface area contributed by atoms with Gasteiger partial charge in [-0.2, -0.15) is 0 Å². The molecule has 1 aromatic carbocycles. The number of hydrogen-bond acceptors (Lipinski definition) is 2. The normalized spacial score (nSPS) is 14.9. The molecule has 4 nitrogen and oxygen atoms in total. The summed E-state index contributed by atoms with van der Waals surface area (Å²) in [5.41, 5.74) is 1.21. The predicted molar refractivity (Wildman–Crippen MR) is 84.7 cm³/mol. The fraction of sp³-hybridized carbons (Fsp3) is 0.588. The average molecular weight is 290 g/mol. The lowest BCUT2D eigenvalue weighted by atomic mass is 10.1. The third-order valence-electron chi connectivity index (χ3n) is 3.79. The molecule has 0 spiro atoms. The van der Waals surface area contributed by atoms with Gasteiger partial charge in [-0.15, -0.1) is 0 Å². The second-order valence-electron chi connectivity index (χ2n) is 5.62. The van der Waals surface area contributed by atoms with Crippen molar-refractivity contribution in [1.29, 1.82) is 0 Å². The van der Waals surface area contributed by atoms with Crippen molar-refractivity contribution in [3.8, 4) is 5.75 Å². The van der Waals surface area contributed by atoms with Gasteiger partial charge in [0.2, 0.25) is 0 Å². The third kappa shape index (κ3) is 5.66. The monoisotopic (exact) mass is 290 g/mol. The van der Waals surface area contributed by atoms with E-state index in [0.29, 0.717) is 12.6 Å². The topological polar surface area (TPSA) is 50.4 Å². The van der Waals surface area contributed by atoms with Crippen LogP contribution in [0, 0.1) is 0 Å². The van der Waals surface area contributed by atoms with Gasteiger partial charge >= 0.3 is 6.03 Å².